The number of benzene rings is 1. The van der Waals surface area contributed by atoms with Gasteiger partial charge in [-0.2, -0.15) is 4.31 Å². The van der Waals surface area contributed by atoms with Crippen molar-refractivity contribution in [3.63, 3.8) is 0 Å². The highest BCUT2D eigenvalue weighted by Gasteiger charge is 2.39. The molecule has 0 saturated carbocycles. The van der Waals surface area contributed by atoms with Crippen molar-refractivity contribution in [2.75, 3.05) is 11.9 Å². The summed E-state index contributed by atoms with van der Waals surface area (Å²) < 4.78 is 28.9. The van der Waals surface area contributed by atoms with E-state index in [2.05, 4.69) is 20.5 Å². The van der Waals surface area contributed by atoms with Gasteiger partial charge in [0, 0.05) is 30.5 Å². The number of aromatic nitrogens is 4. The van der Waals surface area contributed by atoms with Gasteiger partial charge in [0.05, 0.1) is 12.4 Å². The summed E-state index contributed by atoms with van der Waals surface area (Å²) in [5, 5.41) is 12.0. The first-order chi connectivity index (χ1) is 13.8. The number of amides is 1. The van der Waals surface area contributed by atoms with Crippen LogP contribution < -0.4 is 5.32 Å². The highest BCUT2D eigenvalue weighted by atomic mass is 35.5. The van der Waals surface area contributed by atoms with Crippen molar-refractivity contribution in [1.29, 1.82) is 0 Å². The number of anilines is 1. The predicted molar refractivity (Wildman–Crippen MR) is 108 cm³/mol. The minimum Gasteiger partial charge on any atom is -0.339 e. The maximum Gasteiger partial charge on any atom is 0.286 e. The van der Waals surface area contributed by atoms with Crippen molar-refractivity contribution in [3.8, 4) is 0 Å². The molecule has 29 heavy (non-hydrogen) atoms. The lowest BCUT2D eigenvalue weighted by Crippen LogP contribution is -2.31. The van der Waals surface area contributed by atoms with Gasteiger partial charge in [0.1, 0.15) is 5.01 Å². The minimum absolute atomic E-state index is 0.00267. The van der Waals surface area contributed by atoms with Crippen LogP contribution in [0.5, 0.6) is 0 Å². The molecule has 4 rings (SSSR count). The molecule has 0 unspecified atom stereocenters. The SMILES string of the molecule is Cn1cnc(S(=O)(=O)N2CCC[C@H]2c2nnc(C(=O)Nc3ccc(Cl)cc3)s2)c1. The summed E-state index contributed by atoms with van der Waals surface area (Å²) in [6, 6.07) is 6.24. The van der Waals surface area contributed by atoms with Crippen molar-refractivity contribution >= 4 is 44.6 Å². The molecular weight excluding hydrogens is 436 g/mol. The van der Waals surface area contributed by atoms with Crippen molar-refractivity contribution < 1.29 is 13.2 Å². The summed E-state index contributed by atoms with van der Waals surface area (Å²) in [5.41, 5.74) is 0.580. The van der Waals surface area contributed by atoms with E-state index >= 15 is 0 Å². The summed E-state index contributed by atoms with van der Waals surface area (Å²) >= 11 is 6.93. The predicted octanol–water partition coefficient (Wildman–Crippen LogP) is 2.70. The summed E-state index contributed by atoms with van der Waals surface area (Å²) in [5.74, 6) is -0.409. The zero-order chi connectivity index (χ0) is 20.6. The fourth-order valence-corrected chi connectivity index (χ4v) is 5.80. The number of imidazole rings is 1. The zero-order valence-electron chi connectivity index (χ0n) is 15.3. The van der Waals surface area contributed by atoms with Gasteiger partial charge in [-0.3, -0.25) is 4.79 Å². The molecule has 3 aromatic rings. The van der Waals surface area contributed by atoms with Gasteiger partial charge in [-0.05, 0) is 37.1 Å². The van der Waals surface area contributed by atoms with Crippen LogP contribution in [-0.4, -0.2) is 44.9 Å². The second kappa shape index (κ2) is 7.82. The monoisotopic (exact) mass is 452 g/mol. The molecule has 1 aromatic carbocycles. The Labute approximate surface area is 176 Å². The zero-order valence-corrected chi connectivity index (χ0v) is 17.7. The van der Waals surface area contributed by atoms with E-state index in [1.165, 1.54) is 16.8 Å². The Bertz CT molecular complexity index is 1140. The number of carbonyl (C=O) groups is 1. The van der Waals surface area contributed by atoms with Crippen molar-refractivity contribution in [3.05, 3.63) is 51.8 Å². The quantitative estimate of drug-likeness (QED) is 0.637. The van der Waals surface area contributed by atoms with Crippen molar-refractivity contribution in [2.45, 2.75) is 23.9 Å². The normalized spacial score (nSPS) is 17.5. The lowest BCUT2D eigenvalue weighted by Gasteiger charge is -2.20. The van der Waals surface area contributed by atoms with E-state index in [4.69, 9.17) is 11.6 Å². The van der Waals surface area contributed by atoms with Gasteiger partial charge >= 0.3 is 0 Å². The Kier molecular flexibility index (Phi) is 5.38. The number of halogens is 1. The molecule has 1 atom stereocenters. The largest absolute Gasteiger partial charge is 0.339 e. The fourth-order valence-electron chi connectivity index (χ4n) is 3.10. The number of nitrogens with zero attached hydrogens (tertiary/aromatic N) is 5. The Morgan fingerprint density at radius 3 is 2.72 bits per heavy atom. The van der Waals surface area contributed by atoms with Gasteiger partial charge in [0.25, 0.3) is 15.9 Å². The highest BCUT2D eigenvalue weighted by Crippen LogP contribution is 2.37. The Morgan fingerprint density at radius 2 is 2.03 bits per heavy atom. The minimum atomic E-state index is -3.75. The Hall–Kier alpha value is -2.34. The molecule has 0 aliphatic carbocycles. The molecule has 0 spiro atoms. The maximum absolute atomic E-state index is 13.0. The van der Waals surface area contributed by atoms with E-state index < -0.39 is 22.0 Å². The van der Waals surface area contributed by atoms with Crippen molar-refractivity contribution in [2.24, 2.45) is 7.05 Å². The van der Waals surface area contributed by atoms with E-state index in [-0.39, 0.29) is 10.0 Å². The summed E-state index contributed by atoms with van der Waals surface area (Å²) in [7, 11) is -2.04. The number of hydrogen-bond acceptors (Lipinski definition) is 7. The molecule has 9 nitrogen and oxygen atoms in total. The van der Waals surface area contributed by atoms with Crippen LogP contribution in [0.15, 0.2) is 41.8 Å². The third kappa shape index (κ3) is 4.04. The molecule has 0 bridgehead atoms. The van der Waals surface area contributed by atoms with Crippen LogP contribution in [0.25, 0.3) is 0 Å². The third-order valence-electron chi connectivity index (χ3n) is 4.48. The van der Waals surface area contributed by atoms with Crippen LogP contribution >= 0.6 is 22.9 Å². The smallest absolute Gasteiger partial charge is 0.286 e. The number of hydrogen-bond donors (Lipinski definition) is 1. The van der Waals surface area contributed by atoms with E-state index in [1.807, 2.05) is 0 Å². The van der Waals surface area contributed by atoms with Gasteiger partial charge < -0.3 is 9.88 Å². The first kappa shape index (κ1) is 20.0. The first-order valence-electron chi connectivity index (χ1n) is 8.75. The summed E-state index contributed by atoms with van der Waals surface area (Å²) in [6.07, 6.45) is 4.22. The lowest BCUT2D eigenvalue weighted by atomic mass is 10.2. The average molecular weight is 453 g/mol. The Morgan fingerprint density at radius 1 is 1.28 bits per heavy atom. The Balaban J connectivity index is 1.53. The number of sulfonamides is 1. The van der Waals surface area contributed by atoms with Crippen LogP contribution in [-0.2, 0) is 17.1 Å². The van der Waals surface area contributed by atoms with Gasteiger partial charge in [0.2, 0.25) is 5.01 Å². The molecule has 2 aromatic heterocycles. The molecule has 1 fully saturated rings. The van der Waals surface area contributed by atoms with Crippen LogP contribution in [0.3, 0.4) is 0 Å². The van der Waals surface area contributed by atoms with Crippen LogP contribution in [0, 0.1) is 0 Å². The second-order valence-electron chi connectivity index (χ2n) is 6.56. The van der Waals surface area contributed by atoms with E-state index in [1.54, 1.807) is 35.9 Å². The third-order valence-corrected chi connectivity index (χ3v) is 7.55. The number of aryl methyl sites for hydroxylation is 1. The molecule has 152 valence electrons. The van der Waals surface area contributed by atoms with E-state index in [0.717, 1.165) is 11.3 Å². The first-order valence-corrected chi connectivity index (χ1v) is 11.4. The average Bonchev–Trinajstić information content (AvgIpc) is 3.43. The molecule has 1 N–H and O–H groups in total. The highest BCUT2D eigenvalue weighted by molar-refractivity contribution is 7.89. The molecule has 1 saturated heterocycles. The number of carbonyl (C=O) groups excluding carboxylic acids is 1. The topological polar surface area (TPSA) is 110 Å². The molecular formula is C17H17ClN6O3S2. The molecule has 12 heteroatoms. The van der Waals surface area contributed by atoms with E-state index in [9.17, 15) is 13.2 Å². The van der Waals surface area contributed by atoms with E-state index in [0.29, 0.717) is 35.1 Å². The second-order valence-corrected chi connectivity index (χ2v) is 9.84. The van der Waals surface area contributed by atoms with Crippen LogP contribution in [0.2, 0.25) is 5.02 Å². The van der Waals surface area contributed by atoms with Gasteiger partial charge in [-0.1, -0.05) is 22.9 Å². The van der Waals surface area contributed by atoms with Gasteiger partial charge in [-0.25, -0.2) is 13.4 Å². The fraction of sp³-hybridized carbons (Fsp3) is 0.294. The standard InChI is InChI=1S/C17H17ClN6O3S2/c1-23-9-14(19-10-23)29(26,27)24-8-2-3-13(24)16-21-22-17(28-16)15(25)20-12-6-4-11(18)5-7-12/h4-7,9-10,13H,2-3,8H2,1H3,(H,20,25)/t13-/m0/s1. The van der Waals surface area contributed by atoms with Gasteiger partial charge in [0.15, 0.2) is 5.03 Å². The molecule has 1 aliphatic rings. The summed E-state index contributed by atoms with van der Waals surface area (Å²) in [6.45, 7) is 0.370. The maximum atomic E-state index is 13.0. The molecule has 1 aliphatic heterocycles. The van der Waals surface area contributed by atoms with Gasteiger partial charge in [-0.15, -0.1) is 10.2 Å². The van der Waals surface area contributed by atoms with Crippen molar-refractivity contribution in [1.82, 2.24) is 24.1 Å². The molecule has 3 heterocycles. The number of rotatable bonds is 5. The number of nitrogens with one attached hydrogen (secondary N) is 1. The van der Waals surface area contributed by atoms with Crippen LogP contribution in [0.1, 0.15) is 33.7 Å². The van der Waals surface area contributed by atoms with Crippen LogP contribution in [0.4, 0.5) is 5.69 Å². The lowest BCUT2D eigenvalue weighted by molar-refractivity contribution is 0.102. The molecule has 0 radical (unpaired) electrons. The molecule has 1 amide bonds. The summed E-state index contributed by atoms with van der Waals surface area (Å²) in [4.78, 5) is 16.4.